The lowest BCUT2D eigenvalue weighted by atomic mass is 10.1. The highest BCUT2D eigenvalue weighted by molar-refractivity contribution is 7.80. The molecule has 1 aromatic rings. The Labute approximate surface area is 117 Å². The van der Waals surface area contributed by atoms with E-state index in [1.54, 1.807) is 12.1 Å². The summed E-state index contributed by atoms with van der Waals surface area (Å²) in [5.74, 6) is -0.477. The van der Waals surface area contributed by atoms with E-state index in [0.717, 1.165) is 12.0 Å². The topological polar surface area (TPSA) is 70.2 Å². The van der Waals surface area contributed by atoms with Crippen molar-refractivity contribution in [1.82, 2.24) is 16.2 Å². The third-order valence-corrected chi connectivity index (χ3v) is 2.61. The van der Waals surface area contributed by atoms with Crippen LogP contribution >= 0.6 is 12.2 Å². The van der Waals surface area contributed by atoms with Gasteiger partial charge in [-0.1, -0.05) is 25.1 Å². The minimum absolute atomic E-state index is 0.0673. The molecule has 0 radical (unpaired) electrons. The Bertz CT molecular complexity index is 489. The number of carbonyl (C=O) groups excluding carboxylic acids is 2. The SMILES string of the molecule is CCCC(=O)NNC(=S)NC(=O)c1ccccc1C. The van der Waals surface area contributed by atoms with Gasteiger partial charge in [-0.05, 0) is 37.2 Å². The third kappa shape index (κ3) is 5.05. The van der Waals surface area contributed by atoms with E-state index in [0.29, 0.717) is 12.0 Å². The number of rotatable bonds is 3. The Morgan fingerprint density at radius 2 is 1.89 bits per heavy atom. The quantitative estimate of drug-likeness (QED) is 0.578. The molecule has 0 saturated heterocycles. The first-order valence-corrected chi connectivity index (χ1v) is 6.41. The number of nitrogens with one attached hydrogen (secondary N) is 3. The van der Waals surface area contributed by atoms with Gasteiger partial charge < -0.3 is 0 Å². The molecule has 0 unspecified atom stereocenters. The normalized spacial score (nSPS) is 9.58. The Morgan fingerprint density at radius 1 is 1.21 bits per heavy atom. The van der Waals surface area contributed by atoms with Crippen LogP contribution < -0.4 is 16.2 Å². The number of benzene rings is 1. The minimum atomic E-state index is -0.305. The van der Waals surface area contributed by atoms with Crippen molar-refractivity contribution < 1.29 is 9.59 Å². The monoisotopic (exact) mass is 279 g/mol. The van der Waals surface area contributed by atoms with Crippen molar-refractivity contribution in [2.75, 3.05) is 0 Å². The zero-order valence-corrected chi connectivity index (χ0v) is 11.8. The van der Waals surface area contributed by atoms with Crippen molar-refractivity contribution in [1.29, 1.82) is 0 Å². The number of hydrogen-bond acceptors (Lipinski definition) is 3. The zero-order chi connectivity index (χ0) is 14.3. The molecule has 0 heterocycles. The summed E-state index contributed by atoms with van der Waals surface area (Å²) in [6, 6.07) is 7.19. The van der Waals surface area contributed by atoms with Gasteiger partial charge in [0.2, 0.25) is 5.91 Å². The average Bonchev–Trinajstić information content (AvgIpc) is 2.37. The van der Waals surface area contributed by atoms with E-state index in [-0.39, 0.29) is 16.9 Å². The van der Waals surface area contributed by atoms with Crippen molar-refractivity contribution in [3.63, 3.8) is 0 Å². The fourth-order valence-electron chi connectivity index (χ4n) is 1.45. The number of thiocarbonyl (C=S) groups is 1. The molecule has 0 spiro atoms. The maximum Gasteiger partial charge on any atom is 0.257 e. The lowest BCUT2D eigenvalue weighted by molar-refractivity contribution is -0.121. The van der Waals surface area contributed by atoms with Crippen LogP contribution in [0.3, 0.4) is 0 Å². The molecule has 3 N–H and O–H groups in total. The standard InChI is InChI=1S/C13H17N3O2S/c1-3-6-11(17)15-16-13(19)14-12(18)10-8-5-4-7-9(10)2/h4-5,7-8H,3,6H2,1-2H3,(H,15,17)(H2,14,16,18,19). The third-order valence-electron chi connectivity index (χ3n) is 2.41. The summed E-state index contributed by atoms with van der Waals surface area (Å²) in [6.45, 7) is 3.74. The maximum absolute atomic E-state index is 11.9. The molecule has 0 aliphatic rings. The molecule has 0 fully saturated rings. The van der Waals surface area contributed by atoms with E-state index in [9.17, 15) is 9.59 Å². The molecule has 0 bridgehead atoms. The fraction of sp³-hybridized carbons (Fsp3) is 0.308. The molecule has 102 valence electrons. The molecule has 5 nitrogen and oxygen atoms in total. The van der Waals surface area contributed by atoms with Crippen molar-refractivity contribution in [3.05, 3.63) is 35.4 Å². The first kappa shape index (κ1) is 15.1. The first-order valence-electron chi connectivity index (χ1n) is 6.00. The molecule has 19 heavy (non-hydrogen) atoms. The van der Waals surface area contributed by atoms with Crippen LogP contribution in [0.5, 0.6) is 0 Å². The summed E-state index contributed by atoms with van der Waals surface area (Å²) in [5.41, 5.74) is 6.30. The summed E-state index contributed by atoms with van der Waals surface area (Å²) in [6.07, 6.45) is 1.15. The van der Waals surface area contributed by atoms with Crippen LogP contribution in [-0.4, -0.2) is 16.9 Å². The summed E-state index contributed by atoms with van der Waals surface area (Å²) in [5, 5.41) is 2.57. The second kappa shape index (κ2) is 7.48. The predicted octanol–water partition coefficient (Wildman–Crippen LogP) is 1.43. The van der Waals surface area contributed by atoms with Crippen LogP contribution in [0.4, 0.5) is 0 Å². The molecule has 0 aliphatic heterocycles. The number of hydrogen-bond donors (Lipinski definition) is 3. The maximum atomic E-state index is 11.9. The van der Waals surface area contributed by atoms with Gasteiger partial charge >= 0.3 is 0 Å². The van der Waals surface area contributed by atoms with Crippen LogP contribution in [0.25, 0.3) is 0 Å². The molecule has 1 rings (SSSR count). The largest absolute Gasteiger partial charge is 0.298 e. The molecule has 0 aromatic heterocycles. The van der Waals surface area contributed by atoms with Crippen molar-refractivity contribution in [3.8, 4) is 0 Å². The second-order valence-electron chi connectivity index (χ2n) is 4.02. The molecular weight excluding hydrogens is 262 g/mol. The van der Waals surface area contributed by atoms with Crippen LogP contribution in [0.1, 0.15) is 35.7 Å². The van der Waals surface area contributed by atoms with Crippen LogP contribution in [0.2, 0.25) is 0 Å². The van der Waals surface area contributed by atoms with Gasteiger partial charge in [0.25, 0.3) is 5.91 Å². The van der Waals surface area contributed by atoms with E-state index in [1.807, 2.05) is 26.0 Å². The van der Waals surface area contributed by atoms with Gasteiger partial charge in [0.15, 0.2) is 5.11 Å². The summed E-state index contributed by atoms with van der Waals surface area (Å²) in [7, 11) is 0. The van der Waals surface area contributed by atoms with E-state index in [1.165, 1.54) is 0 Å². The lowest BCUT2D eigenvalue weighted by Crippen LogP contribution is -2.48. The first-order chi connectivity index (χ1) is 9.04. The van der Waals surface area contributed by atoms with Crippen LogP contribution in [0.15, 0.2) is 24.3 Å². The average molecular weight is 279 g/mol. The van der Waals surface area contributed by atoms with E-state index < -0.39 is 0 Å². The number of aryl methyl sites for hydroxylation is 1. The second-order valence-corrected chi connectivity index (χ2v) is 4.43. The van der Waals surface area contributed by atoms with E-state index in [2.05, 4.69) is 16.2 Å². The Balaban J connectivity index is 2.47. The Hall–Kier alpha value is -1.95. The number of hydrazine groups is 1. The predicted molar refractivity (Wildman–Crippen MR) is 77.4 cm³/mol. The van der Waals surface area contributed by atoms with Crippen molar-refractivity contribution in [2.45, 2.75) is 26.7 Å². The van der Waals surface area contributed by atoms with Gasteiger partial charge in [-0.3, -0.25) is 25.8 Å². The van der Waals surface area contributed by atoms with Gasteiger partial charge in [0.1, 0.15) is 0 Å². The fourth-order valence-corrected chi connectivity index (χ4v) is 1.59. The van der Waals surface area contributed by atoms with Crippen LogP contribution in [0, 0.1) is 6.92 Å². The van der Waals surface area contributed by atoms with Crippen LogP contribution in [-0.2, 0) is 4.79 Å². The Morgan fingerprint density at radius 3 is 2.53 bits per heavy atom. The summed E-state index contributed by atoms with van der Waals surface area (Å²) < 4.78 is 0. The minimum Gasteiger partial charge on any atom is -0.298 e. The molecule has 0 atom stereocenters. The number of carbonyl (C=O) groups is 2. The van der Waals surface area contributed by atoms with E-state index in [4.69, 9.17) is 12.2 Å². The van der Waals surface area contributed by atoms with Gasteiger partial charge in [0.05, 0.1) is 0 Å². The highest BCUT2D eigenvalue weighted by Crippen LogP contribution is 2.06. The van der Waals surface area contributed by atoms with Crippen molar-refractivity contribution >= 4 is 29.1 Å². The van der Waals surface area contributed by atoms with Gasteiger partial charge in [0, 0.05) is 12.0 Å². The number of amides is 2. The smallest absolute Gasteiger partial charge is 0.257 e. The van der Waals surface area contributed by atoms with Gasteiger partial charge in [-0.2, -0.15) is 0 Å². The Kier molecular flexibility index (Phi) is 5.95. The summed E-state index contributed by atoms with van der Waals surface area (Å²) in [4.78, 5) is 23.1. The zero-order valence-electron chi connectivity index (χ0n) is 10.9. The molecule has 0 saturated carbocycles. The van der Waals surface area contributed by atoms with E-state index >= 15 is 0 Å². The molecule has 0 aliphatic carbocycles. The highest BCUT2D eigenvalue weighted by atomic mass is 32.1. The van der Waals surface area contributed by atoms with Gasteiger partial charge in [-0.15, -0.1) is 0 Å². The van der Waals surface area contributed by atoms with Crippen molar-refractivity contribution in [2.24, 2.45) is 0 Å². The lowest BCUT2D eigenvalue weighted by Gasteiger charge is -2.11. The van der Waals surface area contributed by atoms with Gasteiger partial charge in [-0.25, -0.2) is 0 Å². The highest BCUT2D eigenvalue weighted by Gasteiger charge is 2.10. The molecule has 1 aromatic carbocycles. The summed E-state index contributed by atoms with van der Waals surface area (Å²) >= 11 is 4.92. The molecular formula is C13H17N3O2S. The molecule has 2 amide bonds. The molecule has 6 heteroatoms.